The molecule has 0 aromatic heterocycles. The van der Waals surface area contributed by atoms with E-state index in [4.69, 9.17) is 4.43 Å². The van der Waals surface area contributed by atoms with E-state index in [2.05, 4.69) is 86.7 Å². The Morgan fingerprint density at radius 2 is 1.40 bits per heavy atom. The van der Waals surface area contributed by atoms with E-state index in [1.165, 1.54) is 5.56 Å². The Labute approximate surface area is 257 Å². The van der Waals surface area contributed by atoms with Crippen LogP contribution in [0.4, 0.5) is 17.1 Å². The van der Waals surface area contributed by atoms with Gasteiger partial charge in [-0.2, -0.15) is 4.58 Å². The number of anilines is 2. The van der Waals surface area contributed by atoms with Gasteiger partial charge in [-0.05, 0) is 67.0 Å². The first-order valence-electron chi connectivity index (χ1n) is 14.9. The summed E-state index contributed by atoms with van der Waals surface area (Å²) in [5.41, 5.74) is 6.54. The molecule has 0 bridgehead atoms. The van der Waals surface area contributed by atoms with Gasteiger partial charge in [0.2, 0.25) is 19.7 Å². The predicted octanol–water partition coefficient (Wildman–Crippen LogP) is 8.77. The van der Waals surface area contributed by atoms with Crippen LogP contribution in [0.3, 0.4) is 0 Å². The highest BCUT2D eigenvalue weighted by molar-refractivity contribution is 6.74. The van der Waals surface area contributed by atoms with E-state index in [0.29, 0.717) is 5.57 Å². The number of aliphatic hydroxyl groups excluding tert-OH is 1. The molecule has 2 aliphatic rings. The molecule has 1 unspecified atom stereocenters. The third-order valence-electron chi connectivity index (χ3n) is 9.20. The highest BCUT2D eigenvalue weighted by atomic mass is 28.4. The number of aryl methyl sites for hydroxylation is 1. The molecule has 2 aliphatic carbocycles. The normalized spacial score (nSPS) is 18.5. The third kappa shape index (κ3) is 6.02. The van der Waals surface area contributed by atoms with Gasteiger partial charge in [-0.3, -0.25) is 4.79 Å². The fourth-order valence-corrected chi connectivity index (χ4v) is 6.25. The van der Waals surface area contributed by atoms with Crippen molar-refractivity contribution in [1.29, 1.82) is 0 Å². The fourth-order valence-electron chi connectivity index (χ4n) is 5.22. The third-order valence-corrected chi connectivity index (χ3v) is 13.6. The minimum absolute atomic E-state index is 0.0226. The fraction of sp³-hybridized carbons (Fsp3) is 0.297. The molecule has 3 aromatic carbocycles. The van der Waals surface area contributed by atoms with Gasteiger partial charge in [0.15, 0.2) is 5.78 Å². The summed E-state index contributed by atoms with van der Waals surface area (Å²) in [6.45, 7) is 13.3. The maximum absolute atomic E-state index is 13.3. The summed E-state index contributed by atoms with van der Waals surface area (Å²) in [5, 5.41) is 11.1. The molecule has 43 heavy (non-hydrogen) atoms. The first-order valence-corrected chi connectivity index (χ1v) is 17.8. The van der Waals surface area contributed by atoms with Crippen molar-refractivity contribution in [1.82, 2.24) is 0 Å². The summed E-state index contributed by atoms with van der Waals surface area (Å²) in [4.78, 5) is 15.4. The second-order valence-corrected chi connectivity index (χ2v) is 17.9. The van der Waals surface area contributed by atoms with E-state index in [-0.39, 0.29) is 22.5 Å². The molecule has 0 aliphatic heterocycles. The van der Waals surface area contributed by atoms with E-state index in [0.717, 1.165) is 34.1 Å². The van der Waals surface area contributed by atoms with Crippen molar-refractivity contribution in [2.24, 2.45) is 11.8 Å². The van der Waals surface area contributed by atoms with Crippen molar-refractivity contribution in [2.75, 3.05) is 19.0 Å². The monoisotopic (exact) mass is 591 g/mol. The van der Waals surface area contributed by atoms with E-state index in [1.54, 1.807) is 0 Å². The zero-order chi connectivity index (χ0) is 31.1. The average Bonchev–Trinajstić information content (AvgIpc) is 2.97. The first kappa shape index (κ1) is 30.3. The topological polar surface area (TPSA) is 52.8 Å². The zero-order valence-electron chi connectivity index (χ0n) is 26.6. The van der Waals surface area contributed by atoms with Crippen LogP contribution >= 0.6 is 0 Å². The first-order chi connectivity index (χ1) is 20.3. The molecule has 0 amide bonds. The number of carbonyl (C=O) groups is 1. The standard InChI is InChI=1S/C37H42N2O3Si/c1-25-9-15-28(16-10-25)38(5)29-17-11-26(12-18-29)33-35(40)34(36(33)41)27-13-19-30(20-14-27)39(6)31-21-23-32(24-22-31)42-43(7,8)37(2,3)4/h9-24,27,34H,1-8H3/p+1. The Hall–Kier alpha value is -4.16. The zero-order valence-corrected chi connectivity index (χ0v) is 27.6. The summed E-state index contributed by atoms with van der Waals surface area (Å²) in [5.74, 6) is 0.318. The average molecular weight is 592 g/mol. The minimum atomic E-state index is -1.89. The van der Waals surface area contributed by atoms with Crippen LogP contribution in [-0.4, -0.2) is 43.6 Å². The largest absolute Gasteiger partial charge is 0.543 e. The number of rotatable bonds is 7. The lowest BCUT2D eigenvalue weighted by Crippen LogP contribution is -2.43. The second kappa shape index (κ2) is 11.5. The van der Waals surface area contributed by atoms with Crippen LogP contribution in [0.25, 0.3) is 5.57 Å². The van der Waals surface area contributed by atoms with E-state index in [1.807, 2.05) is 74.8 Å². The van der Waals surface area contributed by atoms with E-state index >= 15 is 0 Å². The Morgan fingerprint density at radius 1 is 0.860 bits per heavy atom. The number of nitrogens with zero attached hydrogens (tertiary/aromatic N) is 2. The van der Waals surface area contributed by atoms with E-state index in [9.17, 15) is 9.90 Å². The number of benzene rings is 3. The molecule has 0 radical (unpaired) electrons. The molecule has 5 nitrogen and oxygen atoms in total. The van der Waals surface area contributed by atoms with Crippen LogP contribution in [0.5, 0.6) is 5.75 Å². The van der Waals surface area contributed by atoms with Crippen molar-refractivity contribution in [3.8, 4) is 5.75 Å². The minimum Gasteiger partial charge on any atom is -0.543 e. The van der Waals surface area contributed by atoms with Gasteiger partial charge >= 0.3 is 0 Å². The molecule has 0 heterocycles. The molecule has 0 spiro atoms. The van der Waals surface area contributed by atoms with Crippen LogP contribution in [0.15, 0.2) is 103 Å². The Balaban J connectivity index is 1.26. The Bertz CT molecular complexity index is 1620. The smallest absolute Gasteiger partial charge is 0.250 e. The maximum atomic E-state index is 13.3. The van der Waals surface area contributed by atoms with Gasteiger partial charge in [-0.15, -0.1) is 0 Å². The van der Waals surface area contributed by atoms with Gasteiger partial charge in [0, 0.05) is 48.6 Å². The number of ketones is 1. The molecule has 0 saturated carbocycles. The summed E-state index contributed by atoms with van der Waals surface area (Å²) in [6, 6.07) is 24.4. The Kier molecular flexibility index (Phi) is 8.10. The lowest BCUT2D eigenvalue weighted by Gasteiger charge is -2.36. The summed E-state index contributed by atoms with van der Waals surface area (Å²) in [6.07, 6.45) is 8.07. The quantitative estimate of drug-likeness (QED) is 0.220. The van der Waals surface area contributed by atoms with Crippen molar-refractivity contribution in [3.63, 3.8) is 0 Å². The number of hydrogen-bond acceptors (Lipinski definition) is 4. The molecule has 0 fully saturated rings. The number of hydrogen-bond donors (Lipinski definition) is 1. The molecular formula is C37H43N2O3Si+. The molecule has 3 aromatic rings. The highest BCUT2D eigenvalue weighted by Crippen LogP contribution is 2.43. The lowest BCUT2D eigenvalue weighted by molar-refractivity contribution is -0.403. The van der Waals surface area contributed by atoms with Crippen LogP contribution in [0.1, 0.15) is 31.9 Å². The van der Waals surface area contributed by atoms with Crippen LogP contribution in [-0.2, 0) is 4.79 Å². The molecular weight excluding hydrogens is 549 g/mol. The number of aliphatic hydroxyl groups is 1. The van der Waals surface area contributed by atoms with Gasteiger partial charge in [0.1, 0.15) is 18.6 Å². The van der Waals surface area contributed by atoms with Crippen molar-refractivity contribution >= 4 is 42.4 Å². The van der Waals surface area contributed by atoms with Gasteiger partial charge in [0.25, 0.3) is 0 Å². The molecule has 222 valence electrons. The van der Waals surface area contributed by atoms with Crippen LogP contribution < -0.4 is 9.33 Å². The van der Waals surface area contributed by atoms with E-state index < -0.39 is 14.2 Å². The maximum Gasteiger partial charge on any atom is 0.250 e. The summed E-state index contributed by atoms with van der Waals surface area (Å²) in [7, 11) is 2.15. The van der Waals surface area contributed by atoms with Gasteiger partial charge in [0.05, 0.1) is 11.5 Å². The second-order valence-electron chi connectivity index (χ2n) is 13.2. The molecule has 1 N–H and O–H groups in total. The lowest BCUT2D eigenvalue weighted by atomic mass is 9.71. The van der Waals surface area contributed by atoms with Crippen molar-refractivity contribution < 1.29 is 18.9 Å². The summed E-state index contributed by atoms with van der Waals surface area (Å²) >= 11 is 0. The summed E-state index contributed by atoms with van der Waals surface area (Å²) < 4.78 is 8.54. The van der Waals surface area contributed by atoms with Crippen LogP contribution in [0.2, 0.25) is 18.1 Å². The number of carbonyl (C=O) groups excluding carboxylic acids is 1. The number of Topliss-reactive ketones (excluding diaryl/α,β-unsaturated/α-hetero) is 1. The molecule has 0 saturated heterocycles. The van der Waals surface area contributed by atoms with Crippen molar-refractivity contribution in [3.05, 3.63) is 114 Å². The molecule has 6 heteroatoms. The van der Waals surface area contributed by atoms with Gasteiger partial charge < -0.3 is 14.4 Å². The van der Waals surface area contributed by atoms with Gasteiger partial charge in [-0.25, -0.2) is 0 Å². The Morgan fingerprint density at radius 3 is 1.91 bits per heavy atom. The van der Waals surface area contributed by atoms with Gasteiger partial charge in [-0.1, -0.05) is 62.8 Å². The number of allylic oxidation sites excluding steroid dienone is 6. The van der Waals surface area contributed by atoms with Crippen molar-refractivity contribution in [2.45, 2.75) is 45.8 Å². The SMILES string of the molecule is Cc1ccc(N(C)c2ccc(C3=C(O)C(C4C=CC(=[N+](C)c5ccc(O[Si](C)(C)C(C)(C)C)cc5)C=C4)C3=O)cc2)cc1. The molecule has 1 atom stereocenters. The predicted molar refractivity (Wildman–Crippen MR) is 181 cm³/mol. The highest BCUT2D eigenvalue weighted by Gasteiger charge is 2.44. The van der Waals surface area contributed by atoms with Crippen LogP contribution in [0, 0.1) is 18.8 Å². The molecule has 5 rings (SSSR count).